The lowest BCUT2D eigenvalue weighted by atomic mass is 9.75. The number of likely N-dealkylation sites (tertiary alicyclic amines) is 1. The van der Waals surface area contributed by atoms with Crippen LogP contribution >= 0.6 is 0 Å². The molecule has 1 amide bonds. The third-order valence-electron chi connectivity index (χ3n) is 4.07. The maximum atomic E-state index is 12.0. The van der Waals surface area contributed by atoms with E-state index in [1.807, 2.05) is 13.8 Å². The van der Waals surface area contributed by atoms with Crippen molar-refractivity contribution in [1.82, 2.24) is 4.90 Å². The van der Waals surface area contributed by atoms with Crippen LogP contribution in [0, 0.1) is 5.41 Å². The third kappa shape index (κ3) is 4.20. The van der Waals surface area contributed by atoms with Crippen molar-refractivity contribution in [2.75, 3.05) is 13.1 Å². The van der Waals surface area contributed by atoms with Crippen molar-refractivity contribution >= 4 is 11.9 Å². The van der Waals surface area contributed by atoms with E-state index in [1.165, 1.54) is 0 Å². The summed E-state index contributed by atoms with van der Waals surface area (Å²) in [6.07, 6.45) is 3.86. The van der Waals surface area contributed by atoms with Gasteiger partial charge in [-0.1, -0.05) is 13.3 Å². The maximum absolute atomic E-state index is 12.0. The van der Waals surface area contributed by atoms with Gasteiger partial charge in [0.25, 0.3) is 0 Å². The Hall–Kier alpha value is -1.10. The molecule has 1 aliphatic rings. The molecule has 1 rings (SSSR count). The zero-order chi connectivity index (χ0) is 14.5. The molecule has 1 heterocycles. The fraction of sp³-hybridized carbons (Fsp3) is 0.857. The molecule has 0 radical (unpaired) electrons. The van der Waals surface area contributed by atoms with E-state index in [4.69, 9.17) is 5.73 Å². The fourth-order valence-electron chi connectivity index (χ4n) is 2.74. The molecular weight excluding hydrogens is 244 g/mol. The number of carbonyl (C=O) groups excluding carboxylic acids is 1. The van der Waals surface area contributed by atoms with Gasteiger partial charge >= 0.3 is 5.97 Å². The van der Waals surface area contributed by atoms with Crippen molar-refractivity contribution in [2.24, 2.45) is 11.1 Å². The molecule has 0 bridgehead atoms. The van der Waals surface area contributed by atoms with E-state index in [0.29, 0.717) is 45.2 Å². The molecule has 0 aliphatic carbocycles. The van der Waals surface area contributed by atoms with Crippen LogP contribution in [0.4, 0.5) is 0 Å². The molecule has 0 aromatic carbocycles. The average Bonchev–Trinajstić information content (AvgIpc) is 2.37. The van der Waals surface area contributed by atoms with E-state index in [0.717, 1.165) is 6.42 Å². The molecule has 1 aliphatic heterocycles. The number of nitrogens with two attached hydrogens (primary N) is 1. The number of rotatable bonds is 6. The van der Waals surface area contributed by atoms with E-state index in [-0.39, 0.29) is 11.9 Å². The van der Waals surface area contributed by atoms with Gasteiger partial charge in [0.15, 0.2) is 0 Å². The molecule has 1 saturated heterocycles. The second-order valence-corrected chi connectivity index (χ2v) is 5.73. The van der Waals surface area contributed by atoms with Crippen LogP contribution < -0.4 is 5.73 Å². The van der Waals surface area contributed by atoms with Gasteiger partial charge in [-0.05, 0) is 32.6 Å². The Morgan fingerprint density at radius 2 is 1.95 bits per heavy atom. The Morgan fingerprint density at radius 3 is 2.37 bits per heavy atom. The molecule has 0 saturated carbocycles. The van der Waals surface area contributed by atoms with Gasteiger partial charge in [0, 0.05) is 25.6 Å². The number of piperidine rings is 1. The predicted octanol–water partition coefficient (Wildman–Crippen LogP) is 1.61. The van der Waals surface area contributed by atoms with Gasteiger partial charge in [0.1, 0.15) is 0 Å². The molecule has 3 N–H and O–H groups in total. The van der Waals surface area contributed by atoms with E-state index < -0.39 is 11.4 Å². The van der Waals surface area contributed by atoms with Crippen LogP contribution in [0.5, 0.6) is 0 Å². The first kappa shape index (κ1) is 16.0. The standard InChI is InChI=1S/C14H26N2O3/c1-3-6-14(13(18)19)7-9-16(10-8-14)12(17)5-4-11(2)15/h11H,3-10,15H2,1-2H3,(H,18,19). The topological polar surface area (TPSA) is 83.6 Å². The summed E-state index contributed by atoms with van der Waals surface area (Å²) in [5.74, 6) is -0.607. The average molecular weight is 270 g/mol. The molecule has 1 unspecified atom stereocenters. The van der Waals surface area contributed by atoms with Gasteiger partial charge in [-0.15, -0.1) is 0 Å². The highest BCUT2D eigenvalue weighted by Gasteiger charge is 2.41. The zero-order valence-corrected chi connectivity index (χ0v) is 12.0. The van der Waals surface area contributed by atoms with Crippen LogP contribution in [0.15, 0.2) is 0 Å². The Kier molecular flexibility index (Phi) is 5.79. The van der Waals surface area contributed by atoms with E-state index >= 15 is 0 Å². The summed E-state index contributed by atoms with van der Waals surface area (Å²) in [7, 11) is 0. The monoisotopic (exact) mass is 270 g/mol. The number of nitrogens with zero attached hydrogens (tertiary/aromatic N) is 1. The molecule has 0 aromatic rings. The Balaban J connectivity index is 2.51. The minimum atomic E-state index is -0.711. The van der Waals surface area contributed by atoms with E-state index in [2.05, 4.69) is 0 Å². The summed E-state index contributed by atoms with van der Waals surface area (Å²) in [4.78, 5) is 25.2. The lowest BCUT2D eigenvalue weighted by molar-refractivity contribution is -0.155. The van der Waals surface area contributed by atoms with E-state index in [1.54, 1.807) is 4.90 Å². The molecule has 19 heavy (non-hydrogen) atoms. The Bertz CT molecular complexity index is 321. The van der Waals surface area contributed by atoms with Crippen LogP contribution in [0.3, 0.4) is 0 Å². The minimum absolute atomic E-state index is 0.0342. The van der Waals surface area contributed by atoms with Crippen molar-refractivity contribution in [3.63, 3.8) is 0 Å². The van der Waals surface area contributed by atoms with Crippen molar-refractivity contribution in [2.45, 2.75) is 58.4 Å². The molecular formula is C14H26N2O3. The van der Waals surface area contributed by atoms with Crippen molar-refractivity contribution in [3.05, 3.63) is 0 Å². The molecule has 5 nitrogen and oxygen atoms in total. The molecule has 0 spiro atoms. The van der Waals surface area contributed by atoms with Gasteiger partial charge in [-0.3, -0.25) is 9.59 Å². The maximum Gasteiger partial charge on any atom is 0.309 e. The summed E-state index contributed by atoms with van der Waals surface area (Å²) < 4.78 is 0. The first-order valence-electron chi connectivity index (χ1n) is 7.18. The number of aliphatic carboxylic acids is 1. The lowest BCUT2D eigenvalue weighted by Crippen LogP contribution is -2.46. The third-order valence-corrected chi connectivity index (χ3v) is 4.07. The number of carboxylic acid groups (broad SMARTS) is 1. The summed E-state index contributed by atoms with van der Waals surface area (Å²) in [6.45, 7) is 5.01. The Morgan fingerprint density at radius 1 is 1.37 bits per heavy atom. The highest BCUT2D eigenvalue weighted by molar-refractivity contribution is 5.78. The second-order valence-electron chi connectivity index (χ2n) is 5.73. The first-order chi connectivity index (χ1) is 8.91. The van der Waals surface area contributed by atoms with Crippen molar-refractivity contribution in [3.8, 4) is 0 Å². The highest BCUT2D eigenvalue weighted by atomic mass is 16.4. The van der Waals surface area contributed by atoms with Crippen LogP contribution in [-0.2, 0) is 9.59 Å². The quantitative estimate of drug-likeness (QED) is 0.768. The van der Waals surface area contributed by atoms with Crippen molar-refractivity contribution < 1.29 is 14.7 Å². The Labute approximate surface area is 115 Å². The zero-order valence-electron chi connectivity index (χ0n) is 12.0. The van der Waals surface area contributed by atoms with Gasteiger partial charge in [0.2, 0.25) is 5.91 Å². The molecule has 110 valence electrons. The predicted molar refractivity (Wildman–Crippen MR) is 73.7 cm³/mol. The van der Waals surface area contributed by atoms with Crippen molar-refractivity contribution in [1.29, 1.82) is 0 Å². The van der Waals surface area contributed by atoms with E-state index in [9.17, 15) is 14.7 Å². The lowest BCUT2D eigenvalue weighted by Gasteiger charge is -2.39. The molecule has 1 fully saturated rings. The number of carbonyl (C=O) groups is 2. The number of hydrogen-bond donors (Lipinski definition) is 2. The minimum Gasteiger partial charge on any atom is -0.481 e. The van der Waals surface area contributed by atoms with Gasteiger partial charge < -0.3 is 15.7 Å². The fourth-order valence-corrected chi connectivity index (χ4v) is 2.74. The number of hydrogen-bond acceptors (Lipinski definition) is 3. The number of amides is 1. The smallest absolute Gasteiger partial charge is 0.309 e. The highest BCUT2D eigenvalue weighted by Crippen LogP contribution is 2.36. The van der Waals surface area contributed by atoms with Crippen LogP contribution in [0.25, 0.3) is 0 Å². The van der Waals surface area contributed by atoms with Crippen LogP contribution in [0.2, 0.25) is 0 Å². The summed E-state index contributed by atoms with van der Waals surface area (Å²) in [6, 6.07) is 0.0342. The normalized spacial score (nSPS) is 20.1. The van der Waals surface area contributed by atoms with Crippen LogP contribution in [-0.4, -0.2) is 41.0 Å². The SMILES string of the molecule is CCCC1(C(=O)O)CCN(C(=O)CCC(C)N)CC1. The second kappa shape index (κ2) is 6.89. The molecule has 5 heteroatoms. The number of carboxylic acids is 1. The molecule has 1 atom stereocenters. The summed E-state index contributed by atoms with van der Waals surface area (Å²) in [5, 5.41) is 9.40. The van der Waals surface area contributed by atoms with Crippen LogP contribution in [0.1, 0.15) is 52.4 Å². The van der Waals surface area contributed by atoms with Gasteiger partial charge in [-0.2, -0.15) is 0 Å². The van der Waals surface area contributed by atoms with Gasteiger partial charge in [-0.25, -0.2) is 0 Å². The largest absolute Gasteiger partial charge is 0.481 e. The first-order valence-corrected chi connectivity index (χ1v) is 7.18. The molecule has 0 aromatic heterocycles. The summed E-state index contributed by atoms with van der Waals surface area (Å²) >= 11 is 0. The summed E-state index contributed by atoms with van der Waals surface area (Å²) in [5.41, 5.74) is 5.03. The van der Waals surface area contributed by atoms with Gasteiger partial charge in [0.05, 0.1) is 5.41 Å².